The lowest BCUT2D eigenvalue weighted by Gasteiger charge is -2.20. The molecule has 2 rings (SSSR count). The Morgan fingerprint density at radius 3 is 2.74 bits per heavy atom. The van der Waals surface area contributed by atoms with Gasteiger partial charge in [-0.1, -0.05) is 6.92 Å². The first-order valence-electron chi connectivity index (χ1n) is 6.36. The van der Waals surface area contributed by atoms with E-state index in [9.17, 15) is 0 Å². The van der Waals surface area contributed by atoms with Crippen LogP contribution in [0.15, 0.2) is 26.6 Å². The Bertz CT molecular complexity index is 536. The number of thiophene rings is 1. The van der Waals surface area contributed by atoms with Gasteiger partial charge in [-0.3, -0.25) is 4.68 Å². The summed E-state index contributed by atoms with van der Waals surface area (Å²) >= 11 is 9.03. The van der Waals surface area contributed by atoms with E-state index in [1.165, 1.54) is 10.6 Å². The Kier molecular flexibility index (Phi) is 5.62. The van der Waals surface area contributed by atoms with E-state index in [1.807, 2.05) is 10.9 Å². The van der Waals surface area contributed by atoms with Crippen molar-refractivity contribution in [3.05, 3.63) is 37.2 Å². The molecule has 0 saturated heterocycles. The lowest BCUT2D eigenvalue weighted by Crippen LogP contribution is -2.25. The van der Waals surface area contributed by atoms with E-state index in [2.05, 4.69) is 67.6 Å². The molecule has 0 saturated carbocycles. The van der Waals surface area contributed by atoms with E-state index in [1.54, 1.807) is 11.3 Å². The SMILES string of the molecule is CCCNC(c1sccc1Br)c1c(Br)cnn1CC. The van der Waals surface area contributed by atoms with Crippen LogP contribution in [0.1, 0.15) is 36.9 Å². The van der Waals surface area contributed by atoms with Crippen molar-refractivity contribution in [1.82, 2.24) is 15.1 Å². The third-order valence-electron chi connectivity index (χ3n) is 2.91. The minimum absolute atomic E-state index is 0.172. The van der Waals surface area contributed by atoms with Crippen molar-refractivity contribution < 1.29 is 0 Å². The second-order valence-electron chi connectivity index (χ2n) is 4.21. The molecule has 19 heavy (non-hydrogen) atoms. The zero-order chi connectivity index (χ0) is 13.8. The summed E-state index contributed by atoms with van der Waals surface area (Å²) in [6.07, 6.45) is 2.98. The second-order valence-corrected chi connectivity index (χ2v) is 6.87. The molecule has 0 fully saturated rings. The van der Waals surface area contributed by atoms with Gasteiger partial charge < -0.3 is 5.32 Å². The molecule has 0 bridgehead atoms. The molecular weight excluding hydrogens is 390 g/mol. The molecule has 0 aliphatic rings. The van der Waals surface area contributed by atoms with Gasteiger partial charge in [0.1, 0.15) is 0 Å². The first-order valence-corrected chi connectivity index (χ1v) is 8.83. The van der Waals surface area contributed by atoms with Gasteiger partial charge in [0.15, 0.2) is 0 Å². The normalized spacial score (nSPS) is 12.8. The molecule has 2 aromatic rings. The average Bonchev–Trinajstić information content (AvgIpc) is 2.98. The highest BCUT2D eigenvalue weighted by Crippen LogP contribution is 2.36. The highest BCUT2D eigenvalue weighted by atomic mass is 79.9. The summed E-state index contributed by atoms with van der Waals surface area (Å²) < 4.78 is 4.26. The van der Waals surface area contributed by atoms with Gasteiger partial charge in [0.2, 0.25) is 0 Å². The number of hydrogen-bond donors (Lipinski definition) is 1. The number of aryl methyl sites for hydroxylation is 1. The van der Waals surface area contributed by atoms with E-state index < -0.39 is 0 Å². The summed E-state index contributed by atoms with van der Waals surface area (Å²) in [4.78, 5) is 1.30. The molecule has 1 atom stereocenters. The van der Waals surface area contributed by atoms with Crippen molar-refractivity contribution >= 4 is 43.2 Å². The molecule has 0 radical (unpaired) electrons. The van der Waals surface area contributed by atoms with Crippen LogP contribution in [0.3, 0.4) is 0 Å². The van der Waals surface area contributed by atoms with Crippen LogP contribution in [0.25, 0.3) is 0 Å². The first-order chi connectivity index (χ1) is 9.19. The van der Waals surface area contributed by atoms with Gasteiger partial charge in [0.25, 0.3) is 0 Å². The van der Waals surface area contributed by atoms with Crippen molar-refractivity contribution in [2.45, 2.75) is 32.9 Å². The van der Waals surface area contributed by atoms with Gasteiger partial charge >= 0.3 is 0 Å². The number of nitrogens with zero attached hydrogens (tertiary/aromatic N) is 2. The number of rotatable bonds is 6. The Balaban J connectivity index is 2.42. The third-order valence-corrected chi connectivity index (χ3v) is 5.46. The average molecular weight is 407 g/mol. The van der Waals surface area contributed by atoms with E-state index in [0.29, 0.717) is 0 Å². The van der Waals surface area contributed by atoms with Crippen LogP contribution >= 0.6 is 43.2 Å². The summed E-state index contributed by atoms with van der Waals surface area (Å²) in [5.74, 6) is 0. The van der Waals surface area contributed by atoms with E-state index in [4.69, 9.17) is 0 Å². The minimum Gasteiger partial charge on any atom is -0.304 e. The van der Waals surface area contributed by atoms with E-state index in [-0.39, 0.29) is 6.04 Å². The predicted octanol–water partition coefficient (Wildman–Crippen LogP) is 4.58. The fourth-order valence-corrected chi connectivity index (χ4v) is 4.23. The van der Waals surface area contributed by atoms with Gasteiger partial charge in [-0.25, -0.2) is 0 Å². The van der Waals surface area contributed by atoms with Gasteiger partial charge in [-0.05, 0) is 63.2 Å². The largest absolute Gasteiger partial charge is 0.304 e. The number of hydrogen-bond acceptors (Lipinski definition) is 3. The molecule has 0 aliphatic carbocycles. The molecule has 0 aromatic carbocycles. The topological polar surface area (TPSA) is 29.9 Å². The van der Waals surface area contributed by atoms with E-state index >= 15 is 0 Å². The Morgan fingerprint density at radius 2 is 2.16 bits per heavy atom. The Morgan fingerprint density at radius 1 is 1.37 bits per heavy atom. The molecule has 0 spiro atoms. The monoisotopic (exact) mass is 405 g/mol. The highest BCUT2D eigenvalue weighted by Gasteiger charge is 2.23. The molecule has 2 heterocycles. The van der Waals surface area contributed by atoms with Crippen LogP contribution in [0.2, 0.25) is 0 Å². The molecule has 0 aliphatic heterocycles. The molecule has 6 heteroatoms. The van der Waals surface area contributed by atoms with Crippen LogP contribution in [0.4, 0.5) is 0 Å². The quantitative estimate of drug-likeness (QED) is 0.760. The molecule has 104 valence electrons. The van der Waals surface area contributed by atoms with Crippen LogP contribution in [0, 0.1) is 0 Å². The van der Waals surface area contributed by atoms with Gasteiger partial charge in [0.05, 0.1) is 22.4 Å². The zero-order valence-corrected chi connectivity index (χ0v) is 15.0. The fraction of sp³-hybridized carbons (Fsp3) is 0.462. The summed E-state index contributed by atoms with van der Waals surface area (Å²) in [5, 5.41) is 10.2. The summed E-state index contributed by atoms with van der Waals surface area (Å²) in [6.45, 7) is 6.15. The van der Waals surface area contributed by atoms with Gasteiger partial charge in [-0.2, -0.15) is 5.10 Å². The lowest BCUT2D eigenvalue weighted by molar-refractivity contribution is 0.532. The number of aromatic nitrogens is 2. The van der Waals surface area contributed by atoms with Crippen molar-refractivity contribution in [2.75, 3.05) is 6.54 Å². The minimum atomic E-state index is 0.172. The Labute approximate surface area is 134 Å². The van der Waals surface area contributed by atoms with Gasteiger partial charge in [-0.15, -0.1) is 11.3 Å². The standard InChI is InChI=1S/C13H17Br2N3S/c1-3-6-16-11(13-9(14)5-7-19-13)12-10(15)8-17-18(12)4-2/h5,7-8,11,16H,3-4,6H2,1-2H3. The fourth-order valence-electron chi connectivity index (χ4n) is 2.02. The first kappa shape index (κ1) is 15.2. The zero-order valence-electron chi connectivity index (χ0n) is 11.0. The van der Waals surface area contributed by atoms with Crippen molar-refractivity contribution in [3.63, 3.8) is 0 Å². The van der Waals surface area contributed by atoms with Crippen LogP contribution in [-0.2, 0) is 6.54 Å². The van der Waals surface area contributed by atoms with Gasteiger partial charge in [0, 0.05) is 15.9 Å². The molecule has 0 amide bonds. The Hall–Kier alpha value is -0.170. The predicted molar refractivity (Wildman–Crippen MR) is 87.8 cm³/mol. The summed E-state index contributed by atoms with van der Waals surface area (Å²) in [6, 6.07) is 2.27. The number of nitrogens with one attached hydrogen (secondary N) is 1. The third kappa shape index (κ3) is 3.29. The molecule has 3 nitrogen and oxygen atoms in total. The maximum Gasteiger partial charge on any atom is 0.0864 e. The molecule has 2 aromatic heterocycles. The molecule has 1 N–H and O–H groups in total. The highest BCUT2D eigenvalue weighted by molar-refractivity contribution is 9.10. The van der Waals surface area contributed by atoms with Crippen molar-refractivity contribution in [2.24, 2.45) is 0 Å². The second kappa shape index (κ2) is 7.02. The maximum absolute atomic E-state index is 4.42. The van der Waals surface area contributed by atoms with Crippen molar-refractivity contribution in [1.29, 1.82) is 0 Å². The maximum atomic E-state index is 4.42. The van der Waals surface area contributed by atoms with Crippen LogP contribution in [0.5, 0.6) is 0 Å². The van der Waals surface area contributed by atoms with Crippen LogP contribution in [-0.4, -0.2) is 16.3 Å². The molecular formula is C13H17Br2N3S. The summed E-state index contributed by atoms with van der Waals surface area (Å²) in [5.41, 5.74) is 1.19. The number of halogens is 2. The van der Waals surface area contributed by atoms with E-state index in [0.717, 1.165) is 28.5 Å². The van der Waals surface area contributed by atoms with Crippen LogP contribution < -0.4 is 5.32 Å². The molecule has 1 unspecified atom stereocenters. The smallest absolute Gasteiger partial charge is 0.0864 e. The van der Waals surface area contributed by atoms with Crippen molar-refractivity contribution in [3.8, 4) is 0 Å². The summed E-state index contributed by atoms with van der Waals surface area (Å²) in [7, 11) is 0. The lowest BCUT2D eigenvalue weighted by atomic mass is 10.1.